The van der Waals surface area contributed by atoms with Crippen LogP contribution in [0.4, 0.5) is 0 Å². The van der Waals surface area contributed by atoms with E-state index in [4.69, 9.17) is 9.97 Å². The van der Waals surface area contributed by atoms with Gasteiger partial charge in [0, 0.05) is 16.5 Å². The van der Waals surface area contributed by atoms with Crippen LogP contribution in [0.1, 0.15) is 22.4 Å². The van der Waals surface area contributed by atoms with E-state index in [1.165, 1.54) is 22.3 Å². The Morgan fingerprint density at radius 2 is 1.24 bits per heavy atom. The fourth-order valence-electron chi connectivity index (χ4n) is 7.40. The molecule has 1 aliphatic rings. The third-order valence-corrected chi connectivity index (χ3v) is 9.36. The maximum absolute atomic E-state index is 10.8. The van der Waals surface area contributed by atoms with Gasteiger partial charge < -0.3 is 5.11 Å². The average molecular weight is 590 g/mol. The molecule has 9 rings (SSSR count). The summed E-state index contributed by atoms with van der Waals surface area (Å²) in [6.45, 7) is 0. The van der Waals surface area contributed by atoms with Gasteiger partial charge in [-0.3, -0.25) is 4.98 Å². The van der Waals surface area contributed by atoms with Crippen molar-refractivity contribution in [2.75, 3.05) is 0 Å². The Bertz CT molecular complexity index is 2420. The van der Waals surface area contributed by atoms with Crippen molar-refractivity contribution in [1.29, 1.82) is 0 Å². The third-order valence-electron chi connectivity index (χ3n) is 9.36. The summed E-state index contributed by atoms with van der Waals surface area (Å²) >= 11 is 0. The van der Waals surface area contributed by atoms with Gasteiger partial charge in [-0.05, 0) is 75.0 Å². The van der Waals surface area contributed by atoms with E-state index in [-0.39, 0.29) is 5.75 Å². The van der Waals surface area contributed by atoms with Crippen LogP contribution >= 0.6 is 0 Å². The fraction of sp³-hybridized carbons (Fsp3) is 0.0238. The Labute approximate surface area is 266 Å². The standard InChI is InChI=1S/C42H27N3O/c46-38-21-8-5-17-33(38)36-20-10-22-39(45-36)42(34-18-6-3-15-31(34)32-16-4-7-19-35(32)42)29-13-9-12-28(25-29)41-40-30-14-2-1-11-27(30)23-24-37(40)43-26-44-41/h1-26,46H. The Hall–Kier alpha value is -6.13. The van der Waals surface area contributed by atoms with Crippen molar-refractivity contribution >= 4 is 21.7 Å². The summed E-state index contributed by atoms with van der Waals surface area (Å²) in [6, 6.07) is 52.1. The number of phenolic OH excluding ortho intramolecular Hbond substituents is 1. The molecule has 2 aromatic heterocycles. The molecule has 216 valence electrons. The van der Waals surface area contributed by atoms with E-state index in [0.717, 1.165) is 49.9 Å². The summed E-state index contributed by atoms with van der Waals surface area (Å²) in [5.74, 6) is 0.207. The molecule has 8 aromatic rings. The summed E-state index contributed by atoms with van der Waals surface area (Å²) in [6.07, 6.45) is 1.66. The lowest BCUT2D eigenvalue weighted by Crippen LogP contribution is -2.30. The number of fused-ring (bicyclic) bond motifs is 6. The molecule has 0 spiro atoms. The number of aromatic nitrogens is 3. The van der Waals surface area contributed by atoms with Crippen molar-refractivity contribution in [2.24, 2.45) is 0 Å². The molecule has 0 saturated heterocycles. The number of hydrogen-bond donors (Lipinski definition) is 1. The van der Waals surface area contributed by atoms with Crippen LogP contribution < -0.4 is 0 Å². The quantitative estimate of drug-likeness (QED) is 0.208. The minimum atomic E-state index is -0.714. The van der Waals surface area contributed by atoms with Gasteiger partial charge in [0.05, 0.1) is 28.0 Å². The normalized spacial score (nSPS) is 13.0. The molecule has 0 saturated carbocycles. The van der Waals surface area contributed by atoms with E-state index in [1.807, 2.05) is 30.3 Å². The number of benzene rings is 6. The first-order chi connectivity index (χ1) is 22.7. The molecule has 0 radical (unpaired) electrons. The molecule has 4 nitrogen and oxygen atoms in total. The molecule has 0 bridgehead atoms. The van der Waals surface area contributed by atoms with Gasteiger partial charge in [-0.2, -0.15) is 0 Å². The van der Waals surface area contributed by atoms with Crippen LogP contribution in [0, 0.1) is 0 Å². The lowest BCUT2D eigenvalue weighted by Gasteiger charge is -2.33. The van der Waals surface area contributed by atoms with Gasteiger partial charge in [0.2, 0.25) is 0 Å². The molecule has 4 heteroatoms. The SMILES string of the molecule is Oc1ccccc1-c1cccc(C2(c3cccc(-c4ncnc5ccc6ccccc6c45)c3)c3ccccc3-c3ccccc32)n1. The van der Waals surface area contributed by atoms with Crippen molar-refractivity contribution in [3.63, 3.8) is 0 Å². The number of rotatable bonds is 4. The van der Waals surface area contributed by atoms with E-state index < -0.39 is 5.41 Å². The molecule has 6 aromatic carbocycles. The molecule has 0 unspecified atom stereocenters. The van der Waals surface area contributed by atoms with Gasteiger partial charge in [-0.1, -0.05) is 115 Å². The molecular formula is C42H27N3O. The molecule has 0 fully saturated rings. The van der Waals surface area contributed by atoms with Crippen LogP contribution in [0.15, 0.2) is 158 Å². The summed E-state index contributed by atoms with van der Waals surface area (Å²) in [7, 11) is 0. The minimum Gasteiger partial charge on any atom is -0.507 e. The Morgan fingerprint density at radius 3 is 2.04 bits per heavy atom. The number of nitrogens with zero attached hydrogens (tertiary/aromatic N) is 3. The fourth-order valence-corrected chi connectivity index (χ4v) is 7.40. The Kier molecular flexibility index (Phi) is 5.84. The molecule has 0 atom stereocenters. The number of hydrogen-bond acceptors (Lipinski definition) is 4. The van der Waals surface area contributed by atoms with E-state index in [0.29, 0.717) is 5.56 Å². The molecule has 1 N–H and O–H groups in total. The third kappa shape index (κ3) is 3.77. The van der Waals surface area contributed by atoms with Gasteiger partial charge in [0.25, 0.3) is 0 Å². The minimum absolute atomic E-state index is 0.207. The second-order valence-corrected chi connectivity index (χ2v) is 11.8. The predicted octanol–water partition coefficient (Wildman–Crippen LogP) is 9.58. The lowest BCUT2D eigenvalue weighted by molar-refractivity contribution is 0.477. The topological polar surface area (TPSA) is 58.9 Å². The summed E-state index contributed by atoms with van der Waals surface area (Å²) < 4.78 is 0. The highest BCUT2D eigenvalue weighted by Crippen LogP contribution is 2.56. The number of aromatic hydroxyl groups is 1. The molecular weight excluding hydrogens is 562 g/mol. The number of pyridine rings is 1. The van der Waals surface area contributed by atoms with Crippen LogP contribution in [-0.4, -0.2) is 20.1 Å². The first kappa shape index (κ1) is 26.3. The maximum Gasteiger partial charge on any atom is 0.124 e. The van der Waals surface area contributed by atoms with Crippen molar-refractivity contribution < 1.29 is 5.11 Å². The van der Waals surface area contributed by atoms with Crippen molar-refractivity contribution in [1.82, 2.24) is 15.0 Å². The van der Waals surface area contributed by atoms with E-state index >= 15 is 0 Å². The van der Waals surface area contributed by atoms with Crippen molar-refractivity contribution in [3.8, 4) is 39.4 Å². The van der Waals surface area contributed by atoms with Crippen LogP contribution in [0.25, 0.3) is 55.3 Å². The van der Waals surface area contributed by atoms with Crippen LogP contribution in [-0.2, 0) is 5.41 Å². The van der Waals surface area contributed by atoms with Crippen LogP contribution in [0.3, 0.4) is 0 Å². The Morgan fingerprint density at radius 1 is 0.543 bits per heavy atom. The summed E-state index contributed by atoms with van der Waals surface area (Å²) in [5.41, 5.74) is 10.3. The van der Waals surface area contributed by atoms with E-state index in [1.54, 1.807) is 12.4 Å². The van der Waals surface area contributed by atoms with Crippen molar-refractivity contribution in [3.05, 3.63) is 180 Å². The molecule has 46 heavy (non-hydrogen) atoms. The molecule has 0 aliphatic heterocycles. The molecule has 0 amide bonds. The summed E-state index contributed by atoms with van der Waals surface area (Å²) in [4.78, 5) is 14.9. The zero-order valence-electron chi connectivity index (χ0n) is 24.8. The largest absolute Gasteiger partial charge is 0.507 e. The highest BCUT2D eigenvalue weighted by atomic mass is 16.3. The highest BCUT2D eigenvalue weighted by Gasteiger charge is 2.47. The smallest absolute Gasteiger partial charge is 0.124 e. The second-order valence-electron chi connectivity index (χ2n) is 11.8. The van der Waals surface area contributed by atoms with Crippen LogP contribution in [0.5, 0.6) is 5.75 Å². The number of phenols is 1. The van der Waals surface area contributed by atoms with Gasteiger partial charge in [0.1, 0.15) is 12.1 Å². The maximum atomic E-state index is 10.8. The van der Waals surface area contributed by atoms with Gasteiger partial charge in [0.15, 0.2) is 0 Å². The average Bonchev–Trinajstić information content (AvgIpc) is 3.43. The zero-order valence-corrected chi connectivity index (χ0v) is 24.8. The van der Waals surface area contributed by atoms with Gasteiger partial charge >= 0.3 is 0 Å². The van der Waals surface area contributed by atoms with Crippen LogP contribution in [0.2, 0.25) is 0 Å². The second kappa shape index (κ2) is 10.2. The highest BCUT2D eigenvalue weighted by molar-refractivity contribution is 6.12. The van der Waals surface area contributed by atoms with Gasteiger partial charge in [-0.25, -0.2) is 9.97 Å². The van der Waals surface area contributed by atoms with E-state index in [2.05, 4.69) is 120 Å². The first-order valence-corrected chi connectivity index (χ1v) is 15.4. The monoisotopic (exact) mass is 589 g/mol. The molecule has 2 heterocycles. The lowest BCUT2D eigenvalue weighted by atomic mass is 9.69. The van der Waals surface area contributed by atoms with Gasteiger partial charge in [-0.15, -0.1) is 0 Å². The van der Waals surface area contributed by atoms with Crippen molar-refractivity contribution in [2.45, 2.75) is 5.41 Å². The molecule has 1 aliphatic carbocycles. The predicted molar refractivity (Wildman–Crippen MR) is 185 cm³/mol. The first-order valence-electron chi connectivity index (χ1n) is 15.4. The Balaban J connectivity index is 1.36. The zero-order chi connectivity index (χ0) is 30.7. The summed E-state index contributed by atoms with van der Waals surface area (Å²) in [5, 5.41) is 14.1. The number of para-hydroxylation sites is 1. The van der Waals surface area contributed by atoms with E-state index in [9.17, 15) is 5.11 Å².